The number of benzene rings is 3. The van der Waals surface area contributed by atoms with Crippen LogP contribution in [0.4, 0.5) is 10.5 Å². The molecule has 1 fully saturated rings. The van der Waals surface area contributed by atoms with Crippen LogP contribution in [0.3, 0.4) is 0 Å². The lowest BCUT2D eigenvalue weighted by molar-refractivity contribution is -0.126. The highest BCUT2D eigenvalue weighted by Crippen LogP contribution is 2.35. The minimum absolute atomic E-state index is 0.237. The second-order valence-electron chi connectivity index (χ2n) is 9.59. The summed E-state index contributed by atoms with van der Waals surface area (Å²) in [7, 11) is 0. The Morgan fingerprint density at radius 1 is 1.03 bits per heavy atom. The predicted molar refractivity (Wildman–Crippen MR) is 143 cm³/mol. The summed E-state index contributed by atoms with van der Waals surface area (Å²) in [5.74, 6) is -0.365. The molecule has 4 rings (SSSR count). The summed E-state index contributed by atoms with van der Waals surface area (Å²) in [6.45, 7) is 6.71. The number of carbonyl (C=O) groups excluding carboxylic acids is 3. The number of hydrogen-bond acceptors (Lipinski definition) is 4. The van der Waals surface area contributed by atoms with Gasteiger partial charge in [0.15, 0.2) is 12.1 Å². The highest BCUT2D eigenvalue weighted by molar-refractivity contribution is 6.31. The average molecular weight is 520 g/mol. The van der Waals surface area contributed by atoms with Crippen LogP contribution in [0.5, 0.6) is 0 Å². The van der Waals surface area contributed by atoms with E-state index in [9.17, 15) is 14.4 Å². The topological polar surface area (TPSA) is 87.7 Å². The molecular formula is C29H30ClN3O4. The van der Waals surface area contributed by atoms with Crippen molar-refractivity contribution in [3.8, 4) is 0 Å². The maximum absolute atomic E-state index is 13.3. The number of anilines is 1. The van der Waals surface area contributed by atoms with Crippen molar-refractivity contribution in [3.63, 3.8) is 0 Å². The number of aryl methyl sites for hydroxylation is 1. The number of amides is 3. The van der Waals surface area contributed by atoms with Crippen LogP contribution in [-0.4, -0.2) is 35.4 Å². The molecule has 3 amide bonds. The number of hydrogen-bond donors (Lipinski definition) is 2. The molecule has 192 valence electrons. The zero-order chi connectivity index (χ0) is 26.5. The van der Waals surface area contributed by atoms with Crippen molar-refractivity contribution in [3.05, 3.63) is 100 Å². The third-order valence-corrected chi connectivity index (χ3v) is 6.31. The highest BCUT2D eigenvalue weighted by Gasteiger charge is 2.47. The molecule has 0 aliphatic carbocycles. The third-order valence-electron chi connectivity index (χ3n) is 6.07. The first-order chi connectivity index (χ1) is 17.7. The van der Waals surface area contributed by atoms with Gasteiger partial charge in [-0.2, -0.15) is 0 Å². The van der Waals surface area contributed by atoms with Crippen LogP contribution in [0.15, 0.2) is 72.8 Å². The van der Waals surface area contributed by atoms with Gasteiger partial charge in [-0.3, -0.25) is 14.5 Å². The summed E-state index contributed by atoms with van der Waals surface area (Å²) in [5.41, 5.74) is 3.53. The zero-order valence-electron chi connectivity index (χ0n) is 21.0. The molecule has 0 bridgehead atoms. The first-order valence-electron chi connectivity index (χ1n) is 12.2. The highest BCUT2D eigenvalue weighted by atomic mass is 35.5. The molecule has 2 atom stereocenters. The Morgan fingerprint density at radius 2 is 1.76 bits per heavy atom. The van der Waals surface area contributed by atoms with Crippen LogP contribution in [-0.2, 0) is 16.1 Å². The Balaban J connectivity index is 1.60. The Kier molecular flexibility index (Phi) is 8.14. The van der Waals surface area contributed by atoms with Crippen molar-refractivity contribution in [2.75, 3.05) is 11.9 Å². The molecule has 1 aliphatic rings. The molecule has 8 heteroatoms. The van der Waals surface area contributed by atoms with Crippen LogP contribution in [0, 0.1) is 12.8 Å². The van der Waals surface area contributed by atoms with Crippen molar-refractivity contribution in [2.45, 2.75) is 39.5 Å². The Morgan fingerprint density at radius 3 is 2.46 bits per heavy atom. The van der Waals surface area contributed by atoms with E-state index in [0.717, 1.165) is 11.1 Å². The summed E-state index contributed by atoms with van der Waals surface area (Å²) in [4.78, 5) is 40.5. The molecule has 3 aromatic rings. The zero-order valence-corrected chi connectivity index (χ0v) is 21.8. The normalized spacial score (nSPS) is 17.0. The van der Waals surface area contributed by atoms with Gasteiger partial charge in [-0.1, -0.05) is 73.5 Å². The quantitative estimate of drug-likeness (QED) is 0.397. The molecule has 0 radical (unpaired) electrons. The Labute approximate surface area is 221 Å². The first kappa shape index (κ1) is 26.2. The fraction of sp³-hybridized carbons (Fsp3) is 0.276. The minimum atomic E-state index is -0.869. The number of nitrogens with zero attached hydrogens (tertiary/aromatic N) is 1. The summed E-state index contributed by atoms with van der Waals surface area (Å²) in [6, 6.07) is 20.6. The predicted octanol–water partition coefficient (Wildman–Crippen LogP) is 5.74. The molecule has 0 saturated carbocycles. The van der Waals surface area contributed by atoms with Crippen molar-refractivity contribution < 1.29 is 19.1 Å². The molecule has 1 heterocycles. The van der Waals surface area contributed by atoms with E-state index in [4.69, 9.17) is 16.3 Å². The van der Waals surface area contributed by atoms with Gasteiger partial charge in [-0.15, -0.1) is 0 Å². The monoisotopic (exact) mass is 519 g/mol. The molecule has 0 unspecified atom stereocenters. The summed E-state index contributed by atoms with van der Waals surface area (Å²) < 4.78 is 5.75. The molecule has 0 spiro atoms. The van der Waals surface area contributed by atoms with Gasteiger partial charge in [0.2, 0.25) is 5.91 Å². The number of halogens is 1. The van der Waals surface area contributed by atoms with Gasteiger partial charge in [0, 0.05) is 22.8 Å². The molecule has 2 N–H and O–H groups in total. The first-order valence-corrected chi connectivity index (χ1v) is 12.6. The van der Waals surface area contributed by atoms with Gasteiger partial charge < -0.3 is 15.4 Å². The van der Waals surface area contributed by atoms with E-state index in [1.807, 2.05) is 45.0 Å². The Bertz CT molecular complexity index is 1290. The Hall–Kier alpha value is -3.84. The molecule has 0 aromatic heterocycles. The van der Waals surface area contributed by atoms with Crippen LogP contribution in [0.25, 0.3) is 0 Å². The lowest BCUT2D eigenvalue weighted by atomic mass is 9.99. The summed E-state index contributed by atoms with van der Waals surface area (Å²) in [5, 5.41) is 6.26. The van der Waals surface area contributed by atoms with E-state index < -0.39 is 18.2 Å². The number of rotatable bonds is 8. The standard InChI is InChI=1S/C29H30ClN3O4/c1-18(2)16-31-28(35)25-26(37-29(36)33(25)17-20-12-10-19(3)11-13-20)21-6-5-9-24(15-21)32-27(34)22-7-4-8-23(30)14-22/h4-15,18,25-26H,16-17H2,1-3H3,(H,31,35)(H,32,34)/t25-,26+/m1/s1. The van der Waals surface area contributed by atoms with Gasteiger partial charge in [0.1, 0.15) is 0 Å². The molecule has 3 aromatic carbocycles. The van der Waals surface area contributed by atoms with E-state index in [2.05, 4.69) is 10.6 Å². The fourth-order valence-corrected chi connectivity index (χ4v) is 4.33. The fourth-order valence-electron chi connectivity index (χ4n) is 4.14. The smallest absolute Gasteiger partial charge is 0.411 e. The second-order valence-corrected chi connectivity index (χ2v) is 10.0. The van der Waals surface area contributed by atoms with Crippen molar-refractivity contribution >= 4 is 35.2 Å². The van der Waals surface area contributed by atoms with Gasteiger partial charge >= 0.3 is 6.09 Å². The second kappa shape index (κ2) is 11.5. The van der Waals surface area contributed by atoms with Crippen LogP contribution >= 0.6 is 11.6 Å². The van der Waals surface area contributed by atoms with Gasteiger partial charge in [0.05, 0.1) is 6.54 Å². The lowest BCUT2D eigenvalue weighted by Gasteiger charge is -2.25. The van der Waals surface area contributed by atoms with Gasteiger partial charge in [-0.05, 0) is 54.3 Å². The maximum Gasteiger partial charge on any atom is 0.411 e. The number of carbonyl (C=O) groups is 3. The number of nitrogens with one attached hydrogen (secondary N) is 2. The third kappa shape index (κ3) is 6.49. The van der Waals surface area contributed by atoms with Crippen molar-refractivity contribution in [2.24, 2.45) is 5.92 Å². The molecule has 37 heavy (non-hydrogen) atoms. The van der Waals surface area contributed by atoms with E-state index in [0.29, 0.717) is 28.4 Å². The molecular weight excluding hydrogens is 490 g/mol. The summed E-state index contributed by atoms with van der Waals surface area (Å²) >= 11 is 6.02. The minimum Gasteiger partial charge on any atom is -0.438 e. The van der Waals surface area contributed by atoms with E-state index >= 15 is 0 Å². The number of ether oxygens (including phenoxy) is 1. The average Bonchev–Trinajstić information content (AvgIpc) is 3.20. The van der Waals surface area contributed by atoms with Crippen LogP contribution in [0.2, 0.25) is 5.02 Å². The van der Waals surface area contributed by atoms with Crippen LogP contribution < -0.4 is 10.6 Å². The van der Waals surface area contributed by atoms with E-state index in [1.165, 1.54) is 4.90 Å². The molecule has 7 nitrogen and oxygen atoms in total. The number of cyclic esters (lactones) is 1. The molecule has 1 saturated heterocycles. The van der Waals surface area contributed by atoms with Crippen molar-refractivity contribution in [1.82, 2.24) is 10.2 Å². The summed E-state index contributed by atoms with van der Waals surface area (Å²) in [6.07, 6.45) is -1.41. The van der Waals surface area contributed by atoms with Crippen LogP contribution in [0.1, 0.15) is 47.0 Å². The molecule has 1 aliphatic heterocycles. The lowest BCUT2D eigenvalue weighted by Crippen LogP contribution is -2.47. The SMILES string of the molecule is Cc1ccc(CN2C(=O)O[C@@H](c3cccc(NC(=O)c4cccc(Cl)c4)c3)[C@@H]2C(=O)NCC(C)C)cc1. The van der Waals surface area contributed by atoms with Gasteiger partial charge in [0.25, 0.3) is 5.91 Å². The maximum atomic E-state index is 13.3. The van der Waals surface area contributed by atoms with E-state index in [1.54, 1.807) is 48.5 Å². The largest absolute Gasteiger partial charge is 0.438 e. The van der Waals surface area contributed by atoms with Gasteiger partial charge in [-0.25, -0.2) is 4.79 Å². The van der Waals surface area contributed by atoms with Crippen molar-refractivity contribution in [1.29, 1.82) is 0 Å². The van der Waals surface area contributed by atoms with E-state index in [-0.39, 0.29) is 24.3 Å².